The number of thiazole rings is 1. The van der Waals surface area contributed by atoms with Crippen molar-refractivity contribution in [3.05, 3.63) is 82.2 Å². The van der Waals surface area contributed by atoms with E-state index in [2.05, 4.69) is 16.9 Å². The Morgan fingerprint density at radius 2 is 1.97 bits per heavy atom. The number of aliphatic carboxylic acids is 1. The van der Waals surface area contributed by atoms with E-state index in [1.54, 1.807) is 67.1 Å². The number of furan rings is 1. The number of carbonyl (C=O) groups excluding carboxylic acids is 1. The normalized spacial score (nSPS) is 10.6. The Bertz CT molecular complexity index is 1390. The number of hydrogen-bond acceptors (Lipinski definition) is 6. The van der Waals surface area contributed by atoms with Crippen LogP contribution in [0.1, 0.15) is 10.6 Å². The smallest absolute Gasteiger partial charge is 0.310 e. The minimum atomic E-state index is -0.938. The van der Waals surface area contributed by atoms with Gasteiger partial charge in [-0.25, -0.2) is 4.98 Å². The highest BCUT2D eigenvalue weighted by molar-refractivity contribution is 7.10. The molecule has 34 heavy (non-hydrogen) atoms. The van der Waals surface area contributed by atoms with Gasteiger partial charge in [-0.05, 0) is 48.0 Å². The second-order valence-electron chi connectivity index (χ2n) is 7.22. The maximum absolute atomic E-state index is 12.7. The van der Waals surface area contributed by atoms with E-state index in [4.69, 9.17) is 25.9 Å². The number of ether oxygens (including phenoxy) is 1. The minimum absolute atomic E-state index is 0.137. The van der Waals surface area contributed by atoms with Crippen LogP contribution in [0.2, 0.25) is 5.02 Å². The molecule has 4 aromatic rings. The van der Waals surface area contributed by atoms with E-state index in [1.165, 1.54) is 11.3 Å². The van der Waals surface area contributed by atoms with Crippen molar-refractivity contribution in [3.8, 4) is 28.5 Å². The van der Waals surface area contributed by atoms with E-state index in [9.17, 15) is 9.59 Å². The number of nitrogens with one attached hydrogen (secondary N) is 1. The summed E-state index contributed by atoms with van der Waals surface area (Å²) < 4.78 is 11.1. The van der Waals surface area contributed by atoms with Gasteiger partial charge >= 0.3 is 5.97 Å². The van der Waals surface area contributed by atoms with Gasteiger partial charge in [-0.3, -0.25) is 9.59 Å². The number of methoxy groups -OCH3 is 1. The SMILES string of the molecule is C=C(C(=O)Nc1ccc(-c2ccc(-c3csc(CC(=O)O)n3)o2)c(Cl)c1)c1cccc(OC)c1. The first-order valence-corrected chi connectivity index (χ1v) is 11.3. The molecule has 0 aliphatic carbocycles. The summed E-state index contributed by atoms with van der Waals surface area (Å²) in [5.41, 5.74) is 2.64. The Hall–Kier alpha value is -3.88. The number of carboxylic acids is 1. The second kappa shape index (κ2) is 9.94. The zero-order chi connectivity index (χ0) is 24.2. The number of amides is 1. The molecular weight excluding hydrogens is 476 g/mol. The molecule has 0 spiro atoms. The fourth-order valence-electron chi connectivity index (χ4n) is 3.20. The molecule has 0 saturated carbocycles. The van der Waals surface area contributed by atoms with Crippen LogP contribution < -0.4 is 10.1 Å². The number of nitrogens with zero attached hydrogens (tertiary/aromatic N) is 1. The van der Waals surface area contributed by atoms with Crippen LogP contribution in [0.15, 0.2) is 71.0 Å². The monoisotopic (exact) mass is 494 g/mol. The van der Waals surface area contributed by atoms with Crippen LogP contribution in [0.25, 0.3) is 28.4 Å². The summed E-state index contributed by atoms with van der Waals surface area (Å²) in [5, 5.41) is 14.3. The van der Waals surface area contributed by atoms with Gasteiger partial charge in [-0.1, -0.05) is 30.3 Å². The molecule has 0 unspecified atom stereocenters. The molecule has 2 N–H and O–H groups in total. The first-order chi connectivity index (χ1) is 16.3. The highest BCUT2D eigenvalue weighted by Gasteiger charge is 2.15. The van der Waals surface area contributed by atoms with Crippen molar-refractivity contribution < 1.29 is 23.8 Å². The molecule has 0 bridgehead atoms. The summed E-state index contributed by atoms with van der Waals surface area (Å²) in [6.45, 7) is 3.88. The van der Waals surface area contributed by atoms with Crippen molar-refractivity contribution in [2.24, 2.45) is 0 Å². The predicted octanol–water partition coefficient (Wildman–Crippen LogP) is 6.01. The van der Waals surface area contributed by atoms with Gasteiger partial charge in [0.1, 0.15) is 22.2 Å². The molecule has 2 aromatic carbocycles. The average molecular weight is 495 g/mol. The third-order valence-electron chi connectivity index (χ3n) is 4.90. The van der Waals surface area contributed by atoms with E-state index in [0.717, 1.165) is 0 Å². The molecule has 0 aliphatic rings. The molecule has 9 heteroatoms. The first-order valence-electron chi connectivity index (χ1n) is 10.0. The standard InChI is InChI=1S/C25H19ClN2O5S/c1-14(15-4-3-5-17(10-15)32-2)25(31)27-16-6-7-18(19(26)11-16)21-8-9-22(33-21)20-13-34-23(28-20)12-24(29)30/h3-11,13H,1,12H2,2H3,(H,27,31)(H,29,30). The third kappa shape index (κ3) is 5.19. The summed E-state index contributed by atoms with van der Waals surface area (Å²) >= 11 is 7.73. The van der Waals surface area contributed by atoms with Gasteiger partial charge in [0.25, 0.3) is 5.91 Å². The predicted molar refractivity (Wildman–Crippen MR) is 132 cm³/mol. The van der Waals surface area contributed by atoms with Crippen molar-refractivity contribution in [1.29, 1.82) is 0 Å². The van der Waals surface area contributed by atoms with Crippen LogP contribution in [0.5, 0.6) is 5.75 Å². The molecule has 4 rings (SSSR count). The molecule has 0 saturated heterocycles. The van der Waals surface area contributed by atoms with Gasteiger partial charge in [0.2, 0.25) is 0 Å². The van der Waals surface area contributed by atoms with E-state index >= 15 is 0 Å². The molecule has 2 aromatic heterocycles. The fraction of sp³-hybridized carbons (Fsp3) is 0.0800. The summed E-state index contributed by atoms with van der Waals surface area (Å²) in [7, 11) is 1.56. The fourth-order valence-corrected chi connectivity index (χ4v) is 4.24. The molecule has 0 atom stereocenters. The van der Waals surface area contributed by atoms with Gasteiger partial charge in [0.05, 0.1) is 18.6 Å². The molecule has 172 valence electrons. The number of hydrogen-bond donors (Lipinski definition) is 2. The van der Waals surface area contributed by atoms with Crippen LogP contribution >= 0.6 is 22.9 Å². The molecule has 0 radical (unpaired) electrons. The molecule has 0 aliphatic heterocycles. The van der Waals surface area contributed by atoms with Crippen LogP contribution in [0, 0.1) is 0 Å². The molecule has 2 heterocycles. The largest absolute Gasteiger partial charge is 0.497 e. The number of rotatable bonds is 8. The lowest BCUT2D eigenvalue weighted by Gasteiger charge is -2.10. The Kier molecular flexibility index (Phi) is 6.81. The maximum atomic E-state index is 12.7. The van der Waals surface area contributed by atoms with Gasteiger partial charge in [-0.15, -0.1) is 11.3 Å². The van der Waals surface area contributed by atoms with E-state index in [1.807, 2.05) is 0 Å². The third-order valence-corrected chi connectivity index (χ3v) is 6.06. The number of halogens is 1. The van der Waals surface area contributed by atoms with Gasteiger partial charge in [0, 0.05) is 22.2 Å². The van der Waals surface area contributed by atoms with Crippen molar-refractivity contribution in [2.75, 3.05) is 12.4 Å². The minimum Gasteiger partial charge on any atom is -0.497 e. The Morgan fingerprint density at radius 3 is 2.71 bits per heavy atom. The van der Waals surface area contributed by atoms with Crippen molar-refractivity contribution in [3.63, 3.8) is 0 Å². The van der Waals surface area contributed by atoms with Crippen molar-refractivity contribution in [1.82, 2.24) is 4.98 Å². The van der Waals surface area contributed by atoms with E-state index in [0.29, 0.717) is 55.4 Å². The lowest BCUT2D eigenvalue weighted by Crippen LogP contribution is -2.13. The summed E-state index contributed by atoms with van der Waals surface area (Å²) in [6, 6.07) is 15.7. The van der Waals surface area contributed by atoms with Gasteiger partial charge in [-0.2, -0.15) is 0 Å². The van der Waals surface area contributed by atoms with Crippen LogP contribution in [0.3, 0.4) is 0 Å². The molecule has 1 amide bonds. The quantitative estimate of drug-likeness (QED) is 0.291. The Labute approximate surface area is 204 Å². The Balaban J connectivity index is 1.48. The van der Waals surface area contributed by atoms with Crippen LogP contribution in [0.4, 0.5) is 5.69 Å². The number of anilines is 1. The highest BCUT2D eigenvalue weighted by atomic mass is 35.5. The maximum Gasteiger partial charge on any atom is 0.310 e. The highest BCUT2D eigenvalue weighted by Crippen LogP contribution is 2.35. The van der Waals surface area contributed by atoms with E-state index < -0.39 is 5.97 Å². The Morgan fingerprint density at radius 1 is 1.18 bits per heavy atom. The topological polar surface area (TPSA) is 102 Å². The summed E-state index contributed by atoms with van der Waals surface area (Å²) in [6.07, 6.45) is -0.137. The summed E-state index contributed by atoms with van der Waals surface area (Å²) in [5.74, 6) is 0.356. The van der Waals surface area contributed by atoms with Crippen LogP contribution in [-0.2, 0) is 16.0 Å². The summed E-state index contributed by atoms with van der Waals surface area (Å²) in [4.78, 5) is 27.8. The lowest BCUT2D eigenvalue weighted by atomic mass is 10.1. The zero-order valence-corrected chi connectivity index (χ0v) is 19.6. The molecule has 7 nitrogen and oxygen atoms in total. The van der Waals surface area contributed by atoms with Crippen LogP contribution in [-0.4, -0.2) is 29.1 Å². The first kappa shape index (κ1) is 23.3. The molecule has 0 fully saturated rings. The van der Waals surface area contributed by atoms with Gasteiger partial charge in [0.15, 0.2) is 5.76 Å². The van der Waals surface area contributed by atoms with E-state index in [-0.39, 0.29) is 12.3 Å². The number of aromatic nitrogens is 1. The molecular formula is C25H19ClN2O5S. The lowest BCUT2D eigenvalue weighted by molar-refractivity contribution is -0.136. The second-order valence-corrected chi connectivity index (χ2v) is 8.57. The van der Waals surface area contributed by atoms with Crippen molar-refractivity contribution >= 4 is 46.1 Å². The average Bonchev–Trinajstić information content (AvgIpc) is 3.48. The number of carbonyl (C=O) groups is 2. The number of benzene rings is 2. The van der Waals surface area contributed by atoms with Crippen molar-refractivity contribution in [2.45, 2.75) is 6.42 Å². The number of carboxylic acid groups (broad SMARTS) is 1. The van der Waals surface area contributed by atoms with Gasteiger partial charge < -0.3 is 19.6 Å². The zero-order valence-electron chi connectivity index (χ0n) is 18.0.